The molecule has 1 spiro atoms. The highest BCUT2D eigenvalue weighted by Crippen LogP contribution is 2.45. The Hall–Kier alpha value is -3.93. The zero-order valence-electron chi connectivity index (χ0n) is 23.0. The Morgan fingerprint density at radius 1 is 1.20 bits per heavy atom. The van der Waals surface area contributed by atoms with E-state index in [1.807, 2.05) is 19.1 Å². The van der Waals surface area contributed by atoms with Crippen molar-refractivity contribution in [2.45, 2.75) is 57.7 Å². The van der Waals surface area contributed by atoms with Gasteiger partial charge in [0.1, 0.15) is 0 Å². The predicted octanol–water partition coefficient (Wildman–Crippen LogP) is 5.00. The number of benzene rings is 2. The van der Waals surface area contributed by atoms with Crippen LogP contribution in [0.3, 0.4) is 0 Å². The van der Waals surface area contributed by atoms with Crippen LogP contribution in [0.15, 0.2) is 58.2 Å². The minimum atomic E-state index is -4.71. The SMILES string of the molecule is Cc1ccccc1CC([O-])=Nc1cc(NC(=O)Nc2c[n+](C3CCC4(CC3)CCN(C)C4)no2)cc(C(F)(F)F)c1. The average Bonchev–Trinajstić information content (AvgIpc) is 3.51. The molecule has 2 N–H and O–H groups in total. The molecule has 3 aromatic rings. The van der Waals surface area contributed by atoms with E-state index in [9.17, 15) is 23.1 Å². The van der Waals surface area contributed by atoms with Crippen LogP contribution >= 0.6 is 0 Å². The van der Waals surface area contributed by atoms with E-state index in [4.69, 9.17) is 4.52 Å². The molecule has 218 valence electrons. The lowest BCUT2D eigenvalue weighted by Crippen LogP contribution is -2.44. The Labute approximate surface area is 236 Å². The van der Waals surface area contributed by atoms with Gasteiger partial charge in [0.2, 0.25) is 5.27 Å². The lowest BCUT2D eigenvalue weighted by atomic mass is 9.72. The number of halogens is 3. The van der Waals surface area contributed by atoms with E-state index in [0.717, 1.165) is 62.0 Å². The Balaban J connectivity index is 1.24. The van der Waals surface area contributed by atoms with Gasteiger partial charge in [-0.2, -0.15) is 13.2 Å². The number of nitrogens with zero attached hydrogens (tertiary/aromatic N) is 4. The van der Waals surface area contributed by atoms with Crippen molar-refractivity contribution in [3.8, 4) is 0 Å². The first kappa shape index (κ1) is 28.6. The number of hydrogen-bond acceptors (Lipinski definition) is 6. The van der Waals surface area contributed by atoms with Crippen molar-refractivity contribution in [2.75, 3.05) is 30.8 Å². The molecule has 0 bridgehead atoms. The van der Waals surface area contributed by atoms with Gasteiger partial charge in [0.15, 0.2) is 6.04 Å². The second-order valence-corrected chi connectivity index (χ2v) is 11.2. The number of nitrogens with one attached hydrogen (secondary N) is 2. The zero-order valence-corrected chi connectivity index (χ0v) is 23.0. The third kappa shape index (κ3) is 7.05. The maximum Gasteiger partial charge on any atom is 0.416 e. The van der Waals surface area contributed by atoms with Crippen LogP contribution < -0.4 is 20.4 Å². The third-order valence-electron chi connectivity index (χ3n) is 8.10. The van der Waals surface area contributed by atoms with E-state index in [0.29, 0.717) is 5.41 Å². The molecule has 2 fully saturated rings. The van der Waals surface area contributed by atoms with Crippen molar-refractivity contribution in [3.05, 3.63) is 65.4 Å². The Morgan fingerprint density at radius 3 is 2.63 bits per heavy atom. The van der Waals surface area contributed by atoms with Crippen molar-refractivity contribution in [2.24, 2.45) is 10.4 Å². The number of aromatic nitrogens is 2. The fourth-order valence-electron chi connectivity index (χ4n) is 5.87. The van der Waals surface area contributed by atoms with Crippen LogP contribution in [-0.2, 0) is 12.6 Å². The Bertz CT molecular complexity index is 1430. The predicted molar refractivity (Wildman–Crippen MR) is 145 cm³/mol. The van der Waals surface area contributed by atoms with Gasteiger partial charge in [0, 0.05) is 31.5 Å². The molecule has 2 aliphatic rings. The molecular formula is C29H33F3N6O3. The largest absolute Gasteiger partial charge is 0.861 e. The van der Waals surface area contributed by atoms with E-state index in [1.165, 1.54) is 12.5 Å². The number of aliphatic imine (C=N–C) groups is 1. The molecule has 1 aliphatic carbocycles. The molecule has 1 saturated carbocycles. The van der Waals surface area contributed by atoms with Gasteiger partial charge in [-0.3, -0.25) is 14.8 Å². The summed E-state index contributed by atoms with van der Waals surface area (Å²) in [7, 11) is 2.15. The standard InChI is InChI=1S/C29H33F3N6O3/c1-19-5-3-4-6-20(19)13-25(39)33-22-14-21(29(30,31)32)15-23(16-22)34-27(40)35-26-17-38(36-41-26)24-7-9-28(10-8-24)11-12-37(2)18-28/h3-6,14-17,24H,7-13,18H2,1-2H3,(H2-,33,34,35,36,39,40). The maximum atomic E-state index is 13.6. The molecule has 0 radical (unpaired) electrons. The lowest BCUT2D eigenvalue weighted by Gasteiger charge is -2.34. The molecule has 5 rings (SSSR count). The summed E-state index contributed by atoms with van der Waals surface area (Å²) in [6, 6.07) is 9.30. The monoisotopic (exact) mass is 570 g/mol. The molecule has 41 heavy (non-hydrogen) atoms. The van der Waals surface area contributed by atoms with E-state index in [-0.39, 0.29) is 29.7 Å². The van der Waals surface area contributed by atoms with E-state index < -0.39 is 23.7 Å². The number of rotatable bonds is 6. The van der Waals surface area contributed by atoms with E-state index in [2.05, 4.69) is 32.8 Å². The average molecular weight is 571 g/mol. The van der Waals surface area contributed by atoms with Crippen molar-refractivity contribution in [1.82, 2.24) is 10.2 Å². The van der Waals surface area contributed by atoms with Crippen LogP contribution in [0.25, 0.3) is 0 Å². The van der Waals surface area contributed by atoms with Gasteiger partial charge >= 0.3 is 18.1 Å². The molecule has 2 amide bonds. The van der Waals surface area contributed by atoms with Gasteiger partial charge in [-0.05, 0) is 85.1 Å². The lowest BCUT2D eigenvalue weighted by molar-refractivity contribution is -0.787. The highest BCUT2D eigenvalue weighted by molar-refractivity contribution is 5.99. The Morgan fingerprint density at radius 2 is 1.95 bits per heavy atom. The van der Waals surface area contributed by atoms with Crippen molar-refractivity contribution in [1.29, 1.82) is 0 Å². The summed E-state index contributed by atoms with van der Waals surface area (Å²) in [4.78, 5) is 18.9. The molecule has 0 unspecified atom stereocenters. The molecule has 1 saturated heterocycles. The first-order valence-electron chi connectivity index (χ1n) is 13.6. The van der Waals surface area contributed by atoms with Crippen LogP contribution in [0.5, 0.6) is 0 Å². The summed E-state index contributed by atoms with van der Waals surface area (Å²) in [5.41, 5.74) is 0.549. The number of alkyl halides is 3. The smallest absolute Gasteiger partial charge is 0.416 e. The van der Waals surface area contributed by atoms with Crippen LogP contribution in [0.2, 0.25) is 0 Å². The highest BCUT2D eigenvalue weighted by Gasteiger charge is 2.43. The van der Waals surface area contributed by atoms with Crippen LogP contribution in [-0.4, -0.2) is 42.2 Å². The minimum absolute atomic E-state index is 0.0588. The van der Waals surface area contributed by atoms with E-state index >= 15 is 0 Å². The van der Waals surface area contributed by atoms with Crippen LogP contribution in [0, 0.1) is 12.3 Å². The normalized spacial score (nSPS) is 21.8. The van der Waals surface area contributed by atoms with Gasteiger partial charge in [0.25, 0.3) is 6.20 Å². The van der Waals surface area contributed by atoms with Crippen molar-refractivity contribution >= 4 is 29.2 Å². The topological polar surface area (TPSA) is 110 Å². The molecule has 1 aromatic heterocycles. The quantitative estimate of drug-likeness (QED) is 0.246. The molecule has 0 atom stereocenters. The number of likely N-dealkylation sites (tertiary alicyclic amines) is 1. The van der Waals surface area contributed by atoms with Crippen molar-refractivity contribution in [3.63, 3.8) is 0 Å². The fourth-order valence-corrected chi connectivity index (χ4v) is 5.87. The first-order valence-corrected chi connectivity index (χ1v) is 13.6. The van der Waals surface area contributed by atoms with E-state index in [1.54, 1.807) is 23.0 Å². The summed E-state index contributed by atoms with van der Waals surface area (Å²) in [5.74, 6) is -0.539. The minimum Gasteiger partial charge on any atom is -0.861 e. The number of carbonyl (C=O) groups is 1. The second-order valence-electron chi connectivity index (χ2n) is 11.2. The zero-order chi connectivity index (χ0) is 29.2. The summed E-state index contributed by atoms with van der Waals surface area (Å²) in [5, 5.41) is 21.4. The number of carbonyl (C=O) groups excluding carboxylic acids is 1. The molecule has 1 aliphatic heterocycles. The number of hydrogen-bond donors (Lipinski definition) is 2. The Kier molecular flexibility index (Phi) is 8.03. The molecule has 2 aromatic carbocycles. The third-order valence-corrected chi connectivity index (χ3v) is 8.10. The van der Waals surface area contributed by atoms with Crippen molar-refractivity contribution < 1.29 is 32.3 Å². The van der Waals surface area contributed by atoms with Gasteiger partial charge in [0.05, 0.1) is 11.3 Å². The van der Waals surface area contributed by atoms with Gasteiger partial charge < -0.3 is 15.3 Å². The summed E-state index contributed by atoms with van der Waals surface area (Å²) in [6.45, 7) is 4.07. The maximum absolute atomic E-state index is 13.6. The summed E-state index contributed by atoms with van der Waals surface area (Å²) >= 11 is 0. The summed E-state index contributed by atoms with van der Waals surface area (Å²) < 4.78 is 47.7. The van der Waals surface area contributed by atoms with Gasteiger partial charge in [-0.1, -0.05) is 24.3 Å². The number of aryl methyl sites for hydroxylation is 1. The molecule has 12 heteroatoms. The fraction of sp³-hybridized carbons (Fsp3) is 0.448. The number of amides is 2. The molecular weight excluding hydrogens is 537 g/mol. The van der Waals surface area contributed by atoms with Gasteiger partial charge in [-0.25, -0.2) is 4.79 Å². The van der Waals surface area contributed by atoms with Crippen LogP contribution in [0.4, 0.5) is 35.2 Å². The van der Waals surface area contributed by atoms with Crippen LogP contribution in [0.1, 0.15) is 54.8 Å². The first-order chi connectivity index (χ1) is 19.5. The molecule has 2 heterocycles. The number of urea groups is 1. The second kappa shape index (κ2) is 11.5. The number of anilines is 2. The highest BCUT2D eigenvalue weighted by atomic mass is 19.4. The van der Waals surface area contributed by atoms with Gasteiger partial charge in [-0.15, -0.1) is 0 Å². The molecule has 9 nitrogen and oxygen atoms in total. The summed E-state index contributed by atoms with van der Waals surface area (Å²) in [6.07, 6.45) is 2.13.